The van der Waals surface area contributed by atoms with E-state index in [1.807, 2.05) is 37.4 Å². The zero-order valence-corrected chi connectivity index (χ0v) is 16.2. The van der Waals surface area contributed by atoms with Crippen LogP contribution in [-0.4, -0.2) is 71.0 Å². The smallest absolute Gasteiger partial charge is 0.190 e. The number of nitrogens with one attached hydrogen (secondary N) is 2. The van der Waals surface area contributed by atoms with Crippen LogP contribution in [-0.2, 0) is 4.74 Å². The minimum Gasteiger partial charge on any atom is -0.494 e. The number of rotatable bonds is 10. The molecule has 1 fully saturated rings. The molecule has 26 heavy (non-hydrogen) atoms. The molecule has 1 heterocycles. The molecule has 1 aromatic rings. The first-order chi connectivity index (χ1) is 12.8. The van der Waals surface area contributed by atoms with E-state index in [0.717, 1.165) is 44.4 Å². The standard InChI is InChI=1S/C20H34N4O2/c1-21-20(22-11-6-15-26-19-7-4-3-5-8-19)23-17-18-9-12-24(13-10-18)14-16-25-2/h3-5,7-8,18H,6,9-17H2,1-2H3,(H2,21,22,23). The zero-order chi connectivity index (χ0) is 18.5. The number of nitrogens with zero attached hydrogens (tertiary/aromatic N) is 2. The molecular weight excluding hydrogens is 328 g/mol. The Balaban J connectivity index is 1.53. The largest absolute Gasteiger partial charge is 0.494 e. The minimum atomic E-state index is 0.702. The van der Waals surface area contributed by atoms with Crippen LogP contribution in [0, 0.1) is 5.92 Å². The molecule has 6 heteroatoms. The summed E-state index contributed by atoms with van der Waals surface area (Å²) in [5, 5.41) is 6.82. The first kappa shape index (κ1) is 20.5. The predicted molar refractivity (Wildman–Crippen MR) is 107 cm³/mol. The van der Waals surface area contributed by atoms with Crippen LogP contribution in [0.15, 0.2) is 35.3 Å². The van der Waals surface area contributed by atoms with Crippen molar-refractivity contribution in [2.24, 2.45) is 10.9 Å². The van der Waals surface area contributed by atoms with Crippen LogP contribution in [0.5, 0.6) is 5.75 Å². The van der Waals surface area contributed by atoms with Gasteiger partial charge in [0.15, 0.2) is 5.96 Å². The Morgan fingerprint density at radius 2 is 1.92 bits per heavy atom. The monoisotopic (exact) mass is 362 g/mol. The summed E-state index contributed by atoms with van der Waals surface area (Å²) in [4.78, 5) is 6.80. The second-order valence-electron chi connectivity index (χ2n) is 6.67. The average Bonchev–Trinajstić information content (AvgIpc) is 2.70. The molecule has 6 nitrogen and oxygen atoms in total. The maximum absolute atomic E-state index is 5.70. The third-order valence-corrected chi connectivity index (χ3v) is 4.73. The van der Waals surface area contributed by atoms with Gasteiger partial charge in [0.25, 0.3) is 0 Å². The molecular formula is C20H34N4O2. The predicted octanol–water partition coefficient (Wildman–Crippen LogP) is 1.98. The highest BCUT2D eigenvalue weighted by atomic mass is 16.5. The number of aliphatic imine (C=N–C) groups is 1. The Bertz CT molecular complexity index is 502. The number of piperidine rings is 1. The van der Waals surface area contributed by atoms with Crippen LogP contribution in [0.25, 0.3) is 0 Å². The van der Waals surface area contributed by atoms with Gasteiger partial charge in [-0.3, -0.25) is 4.99 Å². The van der Waals surface area contributed by atoms with Crippen molar-refractivity contribution in [3.63, 3.8) is 0 Å². The number of ether oxygens (including phenoxy) is 2. The van der Waals surface area contributed by atoms with Gasteiger partial charge in [0.2, 0.25) is 0 Å². The van der Waals surface area contributed by atoms with Gasteiger partial charge >= 0.3 is 0 Å². The molecule has 1 saturated heterocycles. The van der Waals surface area contributed by atoms with E-state index in [-0.39, 0.29) is 0 Å². The second-order valence-corrected chi connectivity index (χ2v) is 6.67. The maximum atomic E-state index is 5.70. The normalized spacial score (nSPS) is 16.5. The quantitative estimate of drug-likeness (QED) is 0.379. The Morgan fingerprint density at radius 3 is 2.62 bits per heavy atom. The average molecular weight is 363 g/mol. The van der Waals surface area contributed by atoms with Gasteiger partial charge in [-0.2, -0.15) is 0 Å². The van der Waals surface area contributed by atoms with Crippen molar-refractivity contribution in [3.05, 3.63) is 30.3 Å². The van der Waals surface area contributed by atoms with E-state index in [0.29, 0.717) is 12.5 Å². The van der Waals surface area contributed by atoms with Gasteiger partial charge in [-0.25, -0.2) is 0 Å². The highest BCUT2D eigenvalue weighted by molar-refractivity contribution is 5.79. The topological polar surface area (TPSA) is 58.1 Å². The van der Waals surface area contributed by atoms with Gasteiger partial charge in [-0.05, 0) is 50.4 Å². The van der Waals surface area contributed by atoms with Crippen LogP contribution < -0.4 is 15.4 Å². The van der Waals surface area contributed by atoms with E-state index in [9.17, 15) is 0 Å². The van der Waals surface area contributed by atoms with E-state index < -0.39 is 0 Å². The lowest BCUT2D eigenvalue weighted by Crippen LogP contribution is -2.43. The van der Waals surface area contributed by atoms with Gasteiger partial charge in [0.1, 0.15) is 5.75 Å². The van der Waals surface area contributed by atoms with E-state index in [1.165, 1.54) is 25.9 Å². The van der Waals surface area contributed by atoms with Gasteiger partial charge in [-0.15, -0.1) is 0 Å². The summed E-state index contributed by atoms with van der Waals surface area (Å²) < 4.78 is 10.9. The molecule has 0 amide bonds. The van der Waals surface area contributed by atoms with Crippen molar-refractivity contribution < 1.29 is 9.47 Å². The highest BCUT2D eigenvalue weighted by Crippen LogP contribution is 2.15. The van der Waals surface area contributed by atoms with E-state index >= 15 is 0 Å². The molecule has 1 aliphatic heterocycles. The first-order valence-electron chi connectivity index (χ1n) is 9.65. The highest BCUT2D eigenvalue weighted by Gasteiger charge is 2.18. The molecule has 0 saturated carbocycles. The van der Waals surface area contributed by atoms with Crippen LogP contribution in [0.2, 0.25) is 0 Å². The van der Waals surface area contributed by atoms with Crippen LogP contribution in [0.1, 0.15) is 19.3 Å². The van der Waals surface area contributed by atoms with Crippen molar-refractivity contribution in [1.82, 2.24) is 15.5 Å². The van der Waals surface area contributed by atoms with E-state index in [2.05, 4.69) is 20.5 Å². The van der Waals surface area contributed by atoms with Gasteiger partial charge in [0.05, 0.1) is 13.2 Å². The number of hydrogen-bond acceptors (Lipinski definition) is 4. The lowest BCUT2D eigenvalue weighted by Gasteiger charge is -2.32. The number of guanidine groups is 1. The zero-order valence-electron chi connectivity index (χ0n) is 16.2. The Labute approximate surface area is 158 Å². The van der Waals surface area contributed by atoms with Crippen molar-refractivity contribution in [3.8, 4) is 5.75 Å². The molecule has 2 rings (SSSR count). The van der Waals surface area contributed by atoms with Crippen LogP contribution >= 0.6 is 0 Å². The summed E-state index contributed by atoms with van der Waals surface area (Å²) in [6.07, 6.45) is 3.41. The lowest BCUT2D eigenvalue weighted by atomic mass is 9.97. The summed E-state index contributed by atoms with van der Waals surface area (Å²) >= 11 is 0. The summed E-state index contributed by atoms with van der Waals surface area (Å²) in [6.45, 7) is 6.74. The first-order valence-corrected chi connectivity index (χ1v) is 9.65. The van der Waals surface area contributed by atoms with Gasteiger partial charge < -0.3 is 25.0 Å². The molecule has 2 N–H and O–H groups in total. The number of hydrogen-bond donors (Lipinski definition) is 2. The molecule has 1 aliphatic rings. The molecule has 0 spiro atoms. The summed E-state index contributed by atoms with van der Waals surface area (Å²) in [7, 11) is 3.59. The third-order valence-electron chi connectivity index (χ3n) is 4.73. The van der Waals surface area contributed by atoms with E-state index in [4.69, 9.17) is 9.47 Å². The molecule has 0 atom stereocenters. The summed E-state index contributed by atoms with van der Waals surface area (Å²) in [5.74, 6) is 2.52. The fourth-order valence-electron chi connectivity index (χ4n) is 3.08. The fraction of sp³-hybridized carbons (Fsp3) is 0.650. The number of para-hydroxylation sites is 1. The summed E-state index contributed by atoms with van der Waals surface area (Å²) in [5.41, 5.74) is 0. The molecule has 1 aromatic carbocycles. The molecule has 0 unspecified atom stereocenters. The van der Waals surface area contributed by atoms with Crippen molar-refractivity contribution >= 4 is 5.96 Å². The van der Waals surface area contributed by atoms with Gasteiger partial charge in [-0.1, -0.05) is 18.2 Å². The van der Waals surface area contributed by atoms with Crippen LogP contribution in [0.3, 0.4) is 0 Å². The molecule has 0 aliphatic carbocycles. The molecule has 146 valence electrons. The molecule has 0 bridgehead atoms. The minimum absolute atomic E-state index is 0.702. The van der Waals surface area contributed by atoms with E-state index in [1.54, 1.807) is 7.11 Å². The maximum Gasteiger partial charge on any atom is 0.190 e. The Morgan fingerprint density at radius 1 is 1.15 bits per heavy atom. The molecule has 0 aromatic heterocycles. The van der Waals surface area contributed by atoms with Crippen molar-refractivity contribution in [2.75, 3.05) is 60.1 Å². The number of benzene rings is 1. The van der Waals surface area contributed by atoms with Gasteiger partial charge in [0, 0.05) is 33.8 Å². The number of methoxy groups -OCH3 is 1. The third kappa shape index (κ3) is 8.06. The fourth-order valence-corrected chi connectivity index (χ4v) is 3.08. The van der Waals surface area contributed by atoms with Crippen molar-refractivity contribution in [1.29, 1.82) is 0 Å². The lowest BCUT2D eigenvalue weighted by molar-refractivity contribution is 0.121. The molecule has 0 radical (unpaired) electrons. The second kappa shape index (κ2) is 12.5. The van der Waals surface area contributed by atoms with Crippen molar-refractivity contribution in [2.45, 2.75) is 19.3 Å². The number of likely N-dealkylation sites (tertiary alicyclic amines) is 1. The Hall–Kier alpha value is -1.79. The van der Waals surface area contributed by atoms with Crippen LogP contribution in [0.4, 0.5) is 0 Å². The summed E-state index contributed by atoms with van der Waals surface area (Å²) in [6, 6.07) is 9.93. The Kier molecular flexibility index (Phi) is 9.90. The SMILES string of the molecule is CN=C(NCCCOc1ccccc1)NCC1CCN(CCOC)CC1.